The van der Waals surface area contributed by atoms with Crippen molar-refractivity contribution in [3.8, 4) is 0 Å². The lowest BCUT2D eigenvalue weighted by atomic mass is 10.1. The van der Waals surface area contributed by atoms with E-state index in [2.05, 4.69) is 11.8 Å². The maximum atomic E-state index is 11.4. The number of nitrogens with zero attached hydrogens (tertiary/aromatic N) is 1. The van der Waals surface area contributed by atoms with Crippen molar-refractivity contribution in [3.63, 3.8) is 0 Å². The summed E-state index contributed by atoms with van der Waals surface area (Å²) in [4.78, 5) is 2.51. The van der Waals surface area contributed by atoms with Crippen molar-refractivity contribution in [1.82, 2.24) is 4.90 Å². The Bertz CT molecular complexity index is 486. The number of benzene rings is 1. The van der Waals surface area contributed by atoms with Gasteiger partial charge in [0.15, 0.2) is 9.84 Å². The molecule has 0 aromatic heterocycles. The van der Waals surface area contributed by atoms with Crippen LogP contribution in [0.25, 0.3) is 0 Å². The maximum Gasteiger partial charge on any atom is 0.175 e. The molecule has 1 rings (SSSR count). The molecule has 0 spiro atoms. The summed E-state index contributed by atoms with van der Waals surface area (Å²) in [6, 6.07) is 7.36. The van der Waals surface area contributed by atoms with E-state index in [-0.39, 0.29) is 24.5 Å². The highest BCUT2D eigenvalue weighted by atomic mass is 35.5. The third-order valence-corrected chi connectivity index (χ3v) is 4.16. The van der Waals surface area contributed by atoms with Gasteiger partial charge in [0.05, 0.1) is 4.90 Å². The topological polar surface area (TPSA) is 63.4 Å². The summed E-state index contributed by atoms with van der Waals surface area (Å²) >= 11 is 0. The second kappa shape index (κ2) is 7.24. The molecule has 0 bridgehead atoms. The summed E-state index contributed by atoms with van der Waals surface area (Å²) < 4.78 is 22.7. The highest BCUT2D eigenvalue weighted by Crippen LogP contribution is 2.20. The zero-order chi connectivity index (χ0) is 13.9. The highest BCUT2D eigenvalue weighted by molar-refractivity contribution is 7.90. The lowest BCUT2D eigenvalue weighted by Gasteiger charge is -2.26. The Morgan fingerprint density at radius 2 is 1.68 bits per heavy atom. The van der Waals surface area contributed by atoms with E-state index < -0.39 is 9.84 Å². The lowest BCUT2D eigenvalue weighted by Crippen LogP contribution is -2.34. The Hall–Kier alpha value is -0.620. The molecule has 110 valence electrons. The molecule has 0 aliphatic rings. The Morgan fingerprint density at radius 3 is 2.05 bits per heavy atom. The molecule has 0 heterocycles. The maximum absolute atomic E-state index is 11.4. The third kappa shape index (κ3) is 5.48. The minimum atomic E-state index is -3.12. The van der Waals surface area contributed by atoms with Crippen molar-refractivity contribution < 1.29 is 8.42 Å². The van der Waals surface area contributed by atoms with E-state index in [4.69, 9.17) is 5.73 Å². The van der Waals surface area contributed by atoms with Crippen LogP contribution in [-0.4, -0.2) is 39.2 Å². The molecule has 0 saturated carbocycles. The Morgan fingerprint density at radius 1 is 1.21 bits per heavy atom. The summed E-state index contributed by atoms with van der Waals surface area (Å²) in [6.07, 6.45) is 1.22. The number of sulfone groups is 1. The Kier molecular flexibility index (Phi) is 7.00. The molecular weight excluding hydrogens is 284 g/mol. The van der Waals surface area contributed by atoms with E-state index in [0.29, 0.717) is 4.90 Å². The molecule has 0 radical (unpaired) electrons. The van der Waals surface area contributed by atoms with Crippen LogP contribution in [0.4, 0.5) is 0 Å². The fourth-order valence-corrected chi connectivity index (χ4v) is 2.49. The number of halogens is 1. The van der Waals surface area contributed by atoms with Gasteiger partial charge in [0.1, 0.15) is 0 Å². The van der Waals surface area contributed by atoms with Crippen LogP contribution in [0.15, 0.2) is 29.2 Å². The first-order valence-corrected chi connectivity index (χ1v) is 7.87. The van der Waals surface area contributed by atoms with Crippen molar-refractivity contribution in [2.24, 2.45) is 5.73 Å². The summed E-state index contributed by atoms with van der Waals surface area (Å²) in [7, 11) is -1.11. The van der Waals surface area contributed by atoms with Crippen molar-refractivity contribution >= 4 is 22.2 Å². The summed E-state index contributed by atoms with van der Waals surface area (Å²) in [5.41, 5.74) is 6.86. The highest BCUT2D eigenvalue weighted by Gasteiger charge is 2.14. The number of likely N-dealkylation sites (N-methyl/N-ethyl adjacent to an activating group) is 1. The molecule has 1 aromatic rings. The Labute approximate surface area is 122 Å². The van der Waals surface area contributed by atoms with Crippen molar-refractivity contribution in [3.05, 3.63) is 29.8 Å². The van der Waals surface area contributed by atoms with E-state index in [1.54, 1.807) is 12.1 Å². The van der Waals surface area contributed by atoms with E-state index in [1.165, 1.54) is 6.26 Å². The van der Waals surface area contributed by atoms with E-state index in [1.807, 2.05) is 26.1 Å². The quantitative estimate of drug-likeness (QED) is 0.902. The normalized spacial score (nSPS) is 14.8. The monoisotopic (exact) mass is 306 g/mol. The van der Waals surface area contributed by atoms with Gasteiger partial charge in [-0.05, 0) is 38.6 Å². The van der Waals surface area contributed by atoms with Gasteiger partial charge in [-0.25, -0.2) is 8.42 Å². The fourth-order valence-electron chi connectivity index (χ4n) is 1.86. The van der Waals surface area contributed by atoms with Crippen LogP contribution in [0.2, 0.25) is 0 Å². The molecule has 4 nitrogen and oxygen atoms in total. The first-order chi connectivity index (χ1) is 8.21. The predicted octanol–water partition coefficient (Wildman–Crippen LogP) is 1.85. The van der Waals surface area contributed by atoms with Crippen LogP contribution in [0.1, 0.15) is 25.5 Å². The van der Waals surface area contributed by atoms with Crippen LogP contribution >= 0.6 is 12.4 Å². The zero-order valence-electron chi connectivity index (χ0n) is 11.8. The average Bonchev–Trinajstić information content (AvgIpc) is 2.26. The molecule has 2 atom stereocenters. The summed E-state index contributed by atoms with van der Waals surface area (Å²) in [5, 5.41) is 0. The van der Waals surface area contributed by atoms with Crippen LogP contribution in [0.3, 0.4) is 0 Å². The SMILES string of the molecule is CC(N)CN(C)C(C)c1ccc(S(C)(=O)=O)cc1.Cl. The number of hydrogen-bond acceptors (Lipinski definition) is 4. The molecule has 0 aliphatic carbocycles. The Balaban J connectivity index is 0.00000324. The third-order valence-electron chi connectivity index (χ3n) is 3.03. The first-order valence-electron chi connectivity index (χ1n) is 5.97. The van der Waals surface area contributed by atoms with Gasteiger partial charge in [-0.2, -0.15) is 0 Å². The zero-order valence-corrected chi connectivity index (χ0v) is 13.5. The molecule has 0 aliphatic heterocycles. The van der Waals surface area contributed by atoms with Gasteiger partial charge >= 0.3 is 0 Å². The number of nitrogens with two attached hydrogens (primary N) is 1. The van der Waals surface area contributed by atoms with Crippen LogP contribution in [-0.2, 0) is 9.84 Å². The molecule has 0 amide bonds. The van der Waals surface area contributed by atoms with Gasteiger partial charge < -0.3 is 5.73 Å². The van der Waals surface area contributed by atoms with Crippen molar-refractivity contribution in [2.75, 3.05) is 19.8 Å². The number of hydrogen-bond donors (Lipinski definition) is 1. The fraction of sp³-hybridized carbons (Fsp3) is 0.538. The molecule has 1 aromatic carbocycles. The van der Waals surface area contributed by atoms with Crippen LogP contribution in [0, 0.1) is 0 Å². The molecule has 2 unspecified atom stereocenters. The lowest BCUT2D eigenvalue weighted by molar-refractivity contribution is 0.249. The first kappa shape index (κ1) is 18.4. The van der Waals surface area contributed by atoms with Crippen molar-refractivity contribution in [1.29, 1.82) is 0 Å². The second-order valence-electron chi connectivity index (χ2n) is 4.93. The smallest absolute Gasteiger partial charge is 0.175 e. The summed E-state index contributed by atoms with van der Waals surface area (Å²) in [6.45, 7) is 4.85. The largest absolute Gasteiger partial charge is 0.327 e. The van der Waals surface area contributed by atoms with E-state index in [9.17, 15) is 8.42 Å². The second-order valence-corrected chi connectivity index (χ2v) is 6.95. The van der Waals surface area contributed by atoms with Gasteiger partial charge in [-0.1, -0.05) is 12.1 Å². The summed E-state index contributed by atoms with van der Waals surface area (Å²) in [5.74, 6) is 0. The minimum Gasteiger partial charge on any atom is -0.327 e. The molecule has 19 heavy (non-hydrogen) atoms. The molecule has 0 fully saturated rings. The van der Waals surface area contributed by atoms with Crippen LogP contribution < -0.4 is 5.73 Å². The minimum absolute atomic E-state index is 0. The average molecular weight is 307 g/mol. The van der Waals surface area contributed by atoms with Gasteiger partial charge in [-0.3, -0.25) is 4.90 Å². The number of rotatable bonds is 5. The van der Waals surface area contributed by atoms with Crippen molar-refractivity contribution in [2.45, 2.75) is 30.8 Å². The van der Waals surface area contributed by atoms with E-state index in [0.717, 1.165) is 12.1 Å². The molecule has 2 N–H and O–H groups in total. The van der Waals surface area contributed by atoms with Gasteiger partial charge in [0.2, 0.25) is 0 Å². The molecule has 6 heteroatoms. The van der Waals surface area contributed by atoms with Gasteiger partial charge in [-0.15, -0.1) is 12.4 Å². The van der Waals surface area contributed by atoms with Gasteiger partial charge in [0.25, 0.3) is 0 Å². The predicted molar refractivity (Wildman–Crippen MR) is 81.5 cm³/mol. The van der Waals surface area contributed by atoms with E-state index >= 15 is 0 Å². The van der Waals surface area contributed by atoms with Crippen LogP contribution in [0.5, 0.6) is 0 Å². The van der Waals surface area contributed by atoms with Gasteiger partial charge in [0, 0.05) is 24.9 Å². The molecular formula is C13H23ClN2O2S. The molecule has 0 saturated heterocycles. The standard InChI is InChI=1S/C13H22N2O2S.ClH/c1-10(14)9-15(3)11(2)12-5-7-13(8-6-12)18(4,16)17;/h5-8,10-11H,9,14H2,1-4H3;1H.